The standard InChI is InChI=1S/C10H17NO3/c1-2-3-8-6-9(10(13)14)11(7-8)4-5-12/h2-3,8-9,12H,4-7H2,1H3,(H,13,14)/t8-,9-/m1/s1. The normalized spacial score (nSPS) is 28.7. The highest BCUT2D eigenvalue weighted by Crippen LogP contribution is 2.23. The molecular formula is C10H17NO3. The lowest BCUT2D eigenvalue weighted by Gasteiger charge is -2.19. The van der Waals surface area contributed by atoms with Crippen molar-refractivity contribution in [3.8, 4) is 0 Å². The van der Waals surface area contributed by atoms with E-state index in [1.807, 2.05) is 24.0 Å². The molecule has 0 aromatic carbocycles. The van der Waals surface area contributed by atoms with Crippen LogP contribution < -0.4 is 0 Å². The van der Waals surface area contributed by atoms with Crippen LogP contribution in [0.15, 0.2) is 12.2 Å². The Balaban J connectivity index is 2.59. The molecule has 0 spiro atoms. The van der Waals surface area contributed by atoms with Crippen LogP contribution in [-0.4, -0.2) is 46.8 Å². The second kappa shape index (κ2) is 5.12. The van der Waals surface area contributed by atoms with Gasteiger partial charge in [-0.1, -0.05) is 12.2 Å². The second-order valence-electron chi connectivity index (χ2n) is 3.59. The van der Waals surface area contributed by atoms with Gasteiger partial charge < -0.3 is 10.2 Å². The summed E-state index contributed by atoms with van der Waals surface area (Å²) in [6.07, 6.45) is 4.64. The predicted molar refractivity (Wildman–Crippen MR) is 53.0 cm³/mol. The van der Waals surface area contributed by atoms with Crippen molar-refractivity contribution in [3.63, 3.8) is 0 Å². The third-order valence-corrected chi connectivity index (χ3v) is 2.57. The van der Waals surface area contributed by atoms with E-state index in [1.165, 1.54) is 0 Å². The number of likely N-dealkylation sites (tertiary alicyclic amines) is 1. The number of hydrogen-bond donors (Lipinski definition) is 2. The summed E-state index contributed by atoms with van der Waals surface area (Å²) in [6.45, 7) is 3.14. The van der Waals surface area contributed by atoms with Gasteiger partial charge in [0.2, 0.25) is 0 Å². The maximum absolute atomic E-state index is 10.9. The minimum Gasteiger partial charge on any atom is -0.480 e. The molecule has 14 heavy (non-hydrogen) atoms. The summed E-state index contributed by atoms with van der Waals surface area (Å²) < 4.78 is 0. The zero-order valence-corrected chi connectivity index (χ0v) is 8.39. The molecule has 1 rings (SSSR count). The lowest BCUT2D eigenvalue weighted by atomic mass is 10.1. The van der Waals surface area contributed by atoms with Crippen molar-refractivity contribution in [2.75, 3.05) is 19.7 Å². The number of β-amino-alcohol motifs (C(OH)–C–C–N with tert-alkyl or cyclic N) is 1. The number of aliphatic carboxylic acids is 1. The molecule has 0 amide bonds. The van der Waals surface area contributed by atoms with E-state index in [1.54, 1.807) is 0 Å². The quantitative estimate of drug-likeness (QED) is 0.640. The molecular weight excluding hydrogens is 182 g/mol. The molecule has 1 fully saturated rings. The fraction of sp³-hybridized carbons (Fsp3) is 0.700. The topological polar surface area (TPSA) is 60.8 Å². The van der Waals surface area contributed by atoms with Gasteiger partial charge in [0.1, 0.15) is 6.04 Å². The van der Waals surface area contributed by atoms with Crippen LogP contribution in [0.5, 0.6) is 0 Å². The second-order valence-corrected chi connectivity index (χ2v) is 3.59. The maximum atomic E-state index is 10.9. The lowest BCUT2D eigenvalue weighted by Crippen LogP contribution is -2.37. The summed E-state index contributed by atoms with van der Waals surface area (Å²) >= 11 is 0. The smallest absolute Gasteiger partial charge is 0.320 e. The number of allylic oxidation sites excluding steroid dienone is 1. The Morgan fingerprint density at radius 3 is 2.86 bits per heavy atom. The van der Waals surface area contributed by atoms with Crippen LogP contribution in [0.3, 0.4) is 0 Å². The molecule has 0 bridgehead atoms. The molecule has 2 atom stereocenters. The maximum Gasteiger partial charge on any atom is 0.320 e. The van der Waals surface area contributed by atoms with E-state index < -0.39 is 12.0 Å². The Kier molecular flexibility index (Phi) is 4.10. The highest BCUT2D eigenvalue weighted by Gasteiger charge is 2.34. The molecule has 0 aliphatic carbocycles. The van der Waals surface area contributed by atoms with Gasteiger partial charge >= 0.3 is 5.97 Å². The number of aliphatic hydroxyl groups excluding tert-OH is 1. The van der Waals surface area contributed by atoms with Gasteiger partial charge in [-0.2, -0.15) is 0 Å². The molecule has 0 aromatic heterocycles. The van der Waals surface area contributed by atoms with Gasteiger partial charge in [-0.15, -0.1) is 0 Å². The number of rotatable bonds is 4. The molecule has 1 aliphatic rings. The Labute approximate surface area is 83.8 Å². The van der Waals surface area contributed by atoms with Crippen LogP contribution in [0, 0.1) is 5.92 Å². The largest absolute Gasteiger partial charge is 0.480 e. The number of hydrogen-bond acceptors (Lipinski definition) is 3. The average Bonchev–Trinajstić information content (AvgIpc) is 2.49. The minimum absolute atomic E-state index is 0.0202. The summed E-state index contributed by atoms with van der Waals surface area (Å²) in [4.78, 5) is 12.7. The predicted octanol–water partition coefficient (Wildman–Crippen LogP) is 0.330. The van der Waals surface area contributed by atoms with Crippen LogP contribution in [0.1, 0.15) is 13.3 Å². The van der Waals surface area contributed by atoms with E-state index in [0.717, 1.165) is 6.54 Å². The molecule has 1 saturated heterocycles. The first-order valence-corrected chi connectivity index (χ1v) is 4.89. The van der Waals surface area contributed by atoms with Crippen LogP contribution in [0.2, 0.25) is 0 Å². The fourth-order valence-corrected chi connectivity index (χ4v) is 1.98. The van der Waals surface area contributed by atoms with Gasteiger partial charge in [-0.25, -0.2) is 0 Å². The van der Waals surface area contributed by atoms with E-state index in [9.17, 15) is 4.79 Å². The molecule has 1 aliphatic heterocycles. The van der Waals surface area contributed by atoms with Crippen LogP contribution in [-0.2, 0) is 4.79 Å². The number of aliphatic hydroxyl groups is 1. The number of carboxylic acid groups (broad SMARTS) is 1. The fourth-order valence-electron chi connectivity index (χ4n) is 1.98. The van der Waals surface area contributed by atoms with Crippen LogP contribution >= 0.6 is 0 Å². The van der Waals surface area contributed by atoms with E-state index in [2.05, 4.69) is 0 Å². The van der Waals surface area contributed by atoms with E-state index >= 15 is 0 Å². The first kappa shape index (κ1) is 11.2. The molecule has 80 valence electrons. The minimum atomic E-state index is -0.787. The molecule has 0 radical (unpaired) electrons. The molecule has 0 unspecified atom stereocenters. The zero-order valence-electron chi connectivity index (χ0n) is 8.39. The first-order chi connectivity index (χ1) is 6.69. The molecule has 4 heteroatoms. The van der Waals surface area contributed by atoms with Gasteiger partial charge in [-0.3, -0.25) is 9.69 Å². The van der Waals surface area contributed by atoms with Crippen LogP contribution in [0.25, 0.3) is 0 Å². The van der Waals surface area contributed by atoms with Gasteiger partial charge in [0.15, 0.2) is 0 Å². The monoisotopic (exact) mass is 199 g/mol. The number of carboxylic acids is 1. The van der Waals surface area contributed by atoms with Gasteiger partial charge in [0, 0.05) is 13.1 Å². The van der Waals surface area contributed by atoms with E-state index in [-0.39, 0.29) is 6.61 Å². The number of nitrogens with zero attached hydrogens (tertiary/aromatic N) is 1. The lowest BCUT2D eigenvalue weighted by molar-refractivity contribution is -0.142. The Morgan fingerprint density at radius 2 is 2.36 bits per heavy atom. The summed E-state index contributed by atoms with van der Waals surface area (Å²) in [5.74, 6) is -0.474. The van der Waals surface area contributed by atoms with Gasteiger partial charge in [0.25, 0.3) is 0 Å². The van der Waals surface area contributed by atoms with Crippen molar-refractivity contribution >= 4 is 5.97 Å². The Bertz CT molecular complexity index is 227. The van der Waals surface area contributed by atoms with Crippen LogP contribution in [0.4, 0.5) is 0 Å². The molecule has 1 heterocycles. The molecule has 0 aromatic rings. The first-order valence-electron chi connectivity index (χ1n) is 4.89. The highest BCUT2D eigenvalue weighted by molar-refractivity contribution is 5.74. The summed E-state index contributed by atoms with van der Waals surface area (Å²) in [5, 5.41) is 17.7. The Morgan fingerprint density at radius 1 is 1.64 bits per heavy atom. The van der Waals surface area contributed by atoms with Crippen molar-refractivity contribution in [1.82, 2.24) is 4.90 Å². The van der Waals surface area contributed by atoms with Crippen molar-refractivity contribution < 1.29 is 15.0 Å². The van der Waals surface area contributed by atoms with Crippen molar-refractivity contribution in [2.24, 2.45) is 5.92 Å². The molecule has 2 N–H and O–H groups in total. The third-order valence-electron chi connectivity index (χ3n) is 2.57. The van der Waals surface area contributed by atoms with Crippen molar-refractivity contribution in [1.29, 1.82) is 0 Å². The average molecular weight is 199 g/mol. The van der Waals surface area contributed by atoms with E-state index in [4.69, 9.17) is 10.2 Å². The van der Waals surface area contributed by atoms with Gasteiger partial charge in [0.05, 0.1) is 6.61 Å². The van der Waals surface area contributed by atoms with Crippen molar-refractivity contribution in [3.05, 3.63) is 12.2 Å². The molecule has 4 nitrogen and oxygen atoms in total. The third kappa shape index (κ3) is 2.56. The summed E-state index contributed by atoms with van der Waals surface area (Å²) in [6, 6.07) is -0.427. The zero-order chi connectivity index (χ0) is 10.6. The van der Waals surface area contributed by atoms with Crippen molar-refractivity contribution in [2.45, 2.75) is 19.4 Å². The SMILES string of the molecule is CC=C[C@@H]1C[C@H](C(=O)O)N(CCO)C1. The number of carbonyl (C=O) groups is 1. The Hall–Kier alpha value is -0.870. The van der Waals surface area contributed by atoms with Gasteiger partial charge in [-0.05, 0) is 19.3 Å². The van der Waals surface area contributed by atoms with E-state index in [0.29, 0.717) is 18.9 Å². The summed E-state index contributed by atoms with van der Waals surface area (Å²) in [5.41, 5.74) is 0. The highest BCUT2D eigenvalue weighted by atomic mass is 16.4. The molecule has 0 saturated carbocycles. The summed E-state index contributed by atoms with van der Waals surface area (Å²) in [7, 11) is 0.